The highest BCUT2D eigenvalue weighted by Gasteiger charge is 2.16. The Morgan fingerprint density at radius 2 is 1.92 bits per heavy atom. The van der Waals surface area contributed by atoms with Gasteiger partial charge in [-0.2, -0.15) is 0 Å². The van der Waals surface area contributed by atoms with E-state index in [1.165, 1.54) is 0 Å². The standard InChI is InChI=1S/C20H24N2O3.ClH/c1-4-8-15-11-16(12-18(24-2)19(15)25-3)20(23)22-13-17(21)14-9-6-5-7-10-14;/h4-7,9-12,17H,1,8,13,21H2,2-3H3,(H,22,23);1H. The second kappa shape index (κ2) is 10.5. The third-order valence-corrected chi connectivity index (χ3v) is 3.89. The molecular formula is C20H25ClN2O3. The normalized spacial score (nSPS) is 11.0. The molecule has 6 heteroatoms. The molecule has 1 atom stereocenters. The van der Waals surface area contributed by atoms with E-state index in [0.717, 1.165) is 11.1 Å². The van der Waals surface area contributed by atoms with Gasteiger partial charge in [-0.15, -0.1) is 19.0 Å². The number of rotatable bonds is 8. The summed E-state index contributed by atoms with van der Waals surface area (Å²) in [6, 6.07) is 12.8. The second-order valence-corrected chi connectivity index (χ2v) is 5.59. The maximum Gasteiger partial charge on any atom is 0.251 e. The van der Waals surface area contributed by atoms with Gasteiger partial charge in [0.15, 0.2) is 11.5 Å². The van der Waals surface area contributed by atoms with Crippen molar-refractivity contribution in [1.29, 1.82) is 0 Å². The number of allylic oxidation sites excluding steroid dienone is 1. The summed E-state index contributed by atoms with van der Waals surface area (Å²) in [5.41, 5.74) is 8.44. The first-order valence-electron chi connectivity index (χ1n) is 8.05. The van der Waals surface area contributed by atoms with Crippen LogP contribution in [-0.2, 0) is 6.42 Å². The fourth-order valence-electron chi connectivity index (χ4n) is 2.60. The van der Waals surface area contributed by atoms with Crippen molar-refractivity contribution in [2.45, 2.75) is 12.5 Å². The molecule has 0 aliphatic heterocycles. The van der Waals surface area contributed by atoms with Crippen molar-refractivity contribution in [1.82, 2.24) is 5.32 Å². The molecule has 0 saturated carbocycles. The molecule has 0 bridgehead atoms. The number of methoxy groups -OCH3 is 2. The molecule has 0 aromatic heterocycles. The number of carbonyl (C=O) groups excluding carboxylic acids is 1. The Morgan fingerprint density at radius 1 is 1.23 bits per heavy atom. The summed E-state index contributed by atoms with van der Waals surface area (Å²) in [7, 11) is 3.12. The van der Waals surface area contributed by atoms with E-state index in [4.69, 9.17) is 15.2 Å². The molecular weight excluding hydrogens is 352 g/mol. The first kappa shape index (κ1) is 21.5. The molecule has 26 heavy (non-hydrogen) atoms. The zero-order valence-electron chi connectivity index (χ0n) is 15.0. The number of ether oxygens (including phenoxy) is 2. The zero-order valence-corrected chi connectivity index (χ0v) is 15.8. The van der Waals surface area contributed by atoms with Crippen molar-refractivity contribution < 1.29 is 14.3 Å². The van der Waals surface area contributed by atoms with Crippen LogP contribution in [0, 0.1) is 0 Å². The summed E-state index contributed by atoms with van der Waals surface area (Å²) in [5.74, 6) is 0.914. The molecule has 1 unspecified atom stereocenters. The number of benzene rings is 2. The average Bonchev–Trinajstić information content (AvgIpc) is 2.66. The first-order valence-corrected chi connectivity index (χ1v) is 8.05. The third kappa shape index (κ3) is 5.25. The summed E-state index contributed by atoms with van der Waals surface area (Å²) in [6.07, 6.45) is 2.33. The summed E-state index contributed by atoms with van der Waals surface area (Å²) >= 11 is 0. The molecule has 140 valence electrons. The minimum Gasteiger partial charge on any atom is -0.493 e. The Hall–Kier alpha value is -2.50. The van der Waals surface area contributed by atoms with Crippen molar-refractivity contribution in [2.24, 2.45) is 5.73 Å². The number of halogens is 1. The van der Waals surface area contributed by atoms with Crippen LogP contribution < -0.4 is 20.5 Å². The van der Waals surface area contributed by atoms with Crippen molar-refractivity contribution >= 4 is 18.3 Å². The van der Waals surface area contributed by atoms with E-state index in [1.54, 1.807) is 32.4 Å². The molecule has 5 nitrogen and oxygen atoms in total. The number of hydrogen-bond acceptors (Lipinski definition) is 4. The number of amides is 1. The van der Waals surface area contributed by atoms with E-state index in [0.29, 0.717) is 30.0 Å². The Balaban J connectivity index is 0.00000338. The highest BCUT2D eigenvalue weighted by molar-refractivity contribution is 5.95. The maximum absolute atomic E-state index is 12.5. The van der Waals surface area contributed by atoms with Gasteiger partial charge >= 0.3 is 0 Å². The molecule has 0 spiro atoms. The topological polar surface area (TPSA) is 73.6 Å². The number of nitrogens with two attached hydrogens (primary N) is 1. The summed E-state index contributed by atoms with van der Waals surface area (Å²) < 4.78 is 10.7. The van der Waals surface area contributed by atoms with Gasteiger partial charge < -0.3 is 20.5 Å². The minimum absolute atomic E-state index is 0. The van der Waals surface area contributed by atoms with Gasteiger partial charge in [-0.25, -0.2) is 0 Å². The van der Waals surface area contributed by atoms with Crippen molar-refractivity contribution in [3.8, 4) is 11.5 Å². The zero-order chi connectivity index (χ0) is 18.2. The van der Waals surface area contributed by atoms with Gasteiger partial charge in [-0.1, -0.05) is 36.4 Å². The molecule has 0 saturated heterocycles. The van der Waals surface area contributed by atoms with E-state index >= 15 is 0 Å². The Bertz CT molecular complexity index is 735. The lowest BCUT2D eigenvalue weighted by molar-refractivity contribution is 0.0950. The molecule has 2 aromatic carbocycles. The molecule has 0 fully saturated rings. The predicted molar refractivity (Wildman–Crippen MR) is 106 cm³/mol. The molecule has 2 rings (SSSR count). The summed E-state index contributed by atoms with van der Waals surface area (Å²) in [6.45, 7) is 4.08. The predicted octanol–water partition coefficient (Wildman–Crippen LogP) is 3.28. The van der Waals surface area contributed by atoms with E-state index in [2.05, 4.69) is 11.9 Å². The van der Waals surface area contributed by atoms with E-state index in [1.807, 2.05) is 30.3 Å². The van der Waals surface area contributed by atoms with Gasteiger partial charge in [0.25, 0.3) is 5.91 Å². The highest BCUT2D eigenvalue weighted by atomic mass is 35.5. The fourth-order valence-corrected chi connectivity index (χ4v) is 2.60. The van der Waals surface area contributed by atoms with Crippen molar-refractivity contribution in [2.75, 3.05) is 20.8 Å². The molecule has 1 amide bonds. The van der Waals surface area contributed by atoms with E-state index in [-0.39, 0.29) is 24.4 Å². The van der Waals surface area contributed by atoms with Crippen LogP contribution in [0.1, 0.15) is 27.5 Å². The van der Waals surface area contributed by atoms with Crippen LogP contribution in [-0.4, -0.2) is 26.7 Å². The van der Waals surface area contributed by atoms with Gasteiger partial charge in [0.05, 0.1) is 14.2 Å². The van der Waals surface area contributed by atoms with E-state index in [9.17, 15) is 4.79 Å². The molecule has 3 N–H and O–H groups in total. The van der Waals surface area contributed by atoms with Gasteiger partial charge in [0.1, 0.15) is 0 Å². The number of nitrogens with one attached hydrogen (secondary N) is 1. The minimum atomic E-state index is -0.266. The van der Waals surface area contributed by atoms with Crippen LogP contribution in [0.15, 0.2) is 55.1 Å². The van der Waals surface area contributed by atoms with Crippen LogP contribution in [0.4, 0.5) is 0 Å². The lowest BCUT2D eigenvalue weighted by atomic mass is 10.0. The van der Waals surface area contributed by atoms with Crippen LogP contribution in [0.2, 0.25) is 0 Å². The van der Waals surface area contributed by atoms with Crippen LogP contribution in [0.3, 0.4) is 0 Å². The number of carbonyl (C=O) groups is 1. The smallest absolute Gasteiger partial charge is 0.251 e. The quantitative estimate of drug-likeness (QED) is 0.693. The van der Waals surface area contributed by atoms with Gasteiger partial charge in [0, 0.05) is 23.7 Å². The molecule has 2 aromatic rings. The van der Waals surface area contributed by atoms with Gasteiger partial charge in [-0.05, 0) is 24.1 Å². The Kier molecular flexibility index (Phi) is 8.68. The van der Waals surface area contributed by atoms with Crippen molar-refractivity contribution in [3.05, 3.63) is 71.8 Å². The Morgan fingerprint density at radius 3 is 2.50 bits per heavy atom. The van der Waals surface area contributed by atoms with Crippen LogP contribution >= 0.6 is 12.4 Å². The largest absolute Gasteiger partial charge is 0.493 e. The monoisotopic (exact) mass is 376 g/mol. The maximum atomic E-state index is 12.5. The summed E-state index contributed by atoms with van der Waals surface area (Å²) in [4.78, 5) is 12.5. The van der Waals surface area contributed by atoms with Gasteiger partial charge in [0.2, 0.25) is 0 Å². The van der Waals surface area contributed by atoms with Gasteiger partial charge in [-0.3, -0.25) is 4.79 Å². The average molecular weight is 377 g/mol. The highest BCUT2D eigenvalue weighted by Crippen LogP contribution is 2.33. The first-order chi connectivity index (χ1) is 12.1. The van der Waals surface area contributed by atoms with E-state index < -0.39 is 0 Å². The summed E-state index contributed by atoms with van der Waals surface area (Å²) in [5, 5.41) is 2.87. The van der Waals surface area contributed by atoms with Crippen molar-refractivity contribution in [3.63, 3.8) is 0 Å². The van der Waals surface area contributed by atoms with Crippen LogP contribution in [0.5, 0.6) is 11.5 Å². The third-order valence-electron chi connectivity index (χ3n) is 3.89. The lowest BCUT2D eigenvalue weighted by Gasteiger charge is -2.16. The SMILES string of the molecule is C=CCc1cc(C(=O)NCC(N)c2ccccc2)cc(OC)c1OC.Cl. The molecule has 0 heterocycles. The molecule has 0 aliphatic rings. The second-order valence-electron chi connectivity index (χ2n) is 5.59. The van der Waals surface area contributed by atoms with Crippen LogP contribution in [0.25, 0.3) is 0 Å². The fraction of sp³-hybridized carbons (Fsp3) is 0.250. The Labute approximate surface area is 160 Å². The molecule has 0 radical (unpaired) electrons. The number of hydrogen-bond donors (Lipinski definition) is 2. The lowest BCUT2D eigenvalue weighted by Crippen LogP contribution is -2.32. The molecule has 0 aliphatic carbocycles.